The predicted molar refractivity (Wildman–Crippen MR) is 78.2 cm³/mol. The Labute approximate surface area is 117 Å². The van der Waals surface area contributed by atoms with E-state index >= 15 is 0 Å². The third kappa shape index (κ3) is 3.38. The molecule has 0 amide bonds. The van der Waals surface area contributed by atoms with Crippen molar-refractivity contribution in [2.75, 3.05) is 13.1 Å². The first-order chi connectivity index (χ1) is 8.91. The van der Waals surface area contributed by atoms with E-state index in [2.05, 4.69) is 13.8 Å². The van der Waals surface area contributed by atoms with Crippen LogP contribution in [0.25, 0.3) is 0 Å². The van der Waals surface area contributed by atoms with Gasteiger partial charge in [0.2, 0.25) is 10.0 Å². The van der Waals surface area contributed by atoms with Gasteiger partial charge in [-0.15, -0.1) is 0 Å². The summed E-state index contributed by atoms with van der Waals surface area (Å²) in [6.07, 6.45) is 7.69. The second-order valence-corrected chi connectivity index (χ2v) is 8.40. The molecule has 4 nitrogen and oxygen atoms in total. The number of nitrogens with two attached hydrogens (primary N) is 1. The zero-order valence-corrected chi connectivity index (χ0v) is 12.8. The van der Waals surface area contributed by atoms with E-state index in [1.807, 2.05) is 12.2 Å². The van der Waals surface area contributed by atoms with E-state index in [-0.39, 0.29) is 17.2 Å². The molecule has 3 unspecified atom stereocenters. The average molecular weight is 286 g/mol. The lowest BCUT2D eigenvalue weighted by Crippen LogP contribution is -2.42. The SMILES string of the molecule is CC(C)CC1CCC=CC1S(=O)(=O)N1CCC(N)C1. The lowest BCUT2D eigenvalue weighted by Gasteiger charge is -2.31. The molecule has 2 aliphatic rings. The Kier molecular flexibility index (Phi) is 4.69. The van der Waals surface area contributed by atoms with Crippen molar-refractivity contribution in [1.29, 1.82) is 0 Å². The van der Waals surface area contributed by atoms with Crippen LogP contribution >= 0.6 is 0 Å². The van der Waals surface area contributed by atoms with Crippen LogP contribution in [-0.2, 0) is 10.0 Å². The zero-order chi connectivity index (χ0) is 14.0. The monoisotopic (exact) mass is 286 g/mol. The van der Waals surface area contributed by atoms with Gasteiger partial charge < -0.3 is 5.73 Å². The van der Waals surface area contributed by atoms with Crippen LogP contribution in [0.4, 0.5) is 0 Å². The highest BCUT2D eigenvalue weighted by Gasteiger charge is 2.39. The molecule has 110 valence electrons. The molecule has 0 aromatic heterocycles. The fraction of sp³-hybridized carbons (Fsp3) is 0.857. The van der Waals surface area contributed by atoms with Crippen LogP contribution in [0.3, 0.4) is 0 Å². The van der Waals surface area contributed by atoms with Gasteiger partial charge in [0.05, 0.1) is 5.25 Å². The Hall–Kier alpha value is -0.390. The van der Waals surface area contributed by atoms with Crippen LogP contribution in [0, 0.1) is 11.8 Å². The molecule has 0 radical (unpaired) electrons. The molecule has 0 saturated carbocycles. The van der Waals surface area contributed by atoms with Crippen molar-refractivity contribution in [2.24, 2.45) is 17.6 Å². The summed E-state index contributed by atoms with van der Waals surface area (Å²) in [4.78, 5) is 0. The van der Waals surface area contributed by atoms with Gasteiger partial charge in [-0.25, -0.2) is 8.42 Å². The number of allylic oxidation sites excluding steroid dienone is 1. The van der Waals surface area contributed by atoms with Crippen LogP contribution < -0.4 is 5.73 Å². The van der Waals surface area contributed by atoms with E-state index in [9.17, 15) is 8.42 Å². The molecule has 0 bridgehead atoms. The van der Waals surface area contributed by atoms with Crippen molar-refractivity contribution in [3.63, 3.8) is 0 Å². The number of sulfonamides is 1. The first-order valence-electron chi connectivity index (χ1n) is 7.32. The van der Waals surface area contributed by atoms with E-state index in [1.54, 1.807) is 4.31 Å². The van der Waals surface area contributed by atoms with Crippen LogP contribution in [-0.4, -0.2) is 37.1 Å². The molecule has 1 fully saturated rings. The van der Waals surface area contributed by atoms with Crippen molar-refractivity contribution >= 4 is 10.0 Å². The van der Waals surface area contributed by atoms with Crippen LogP contribution in [0.1, 0.15) is 39.5 Å². The summed E-state index contributed by atoms with van der Waals surface area (Å²) in [5, 5.41) is -0.339. The highest BCUT2D eigenvalue weighted by molar-refractivity contribution is 7.89. The summed E-state index contributed by atoms with van der Waals surface area (Å²) in [5.74, 6) is 0.793. The maximum Gasteiger partial charge on any atom is 0.220 e. The van der Waals surface area contributed by atoms with Gasteiger partial charge in [0.15, 0.2) is 0 Å². The van der Waals surface area contributed by atoms with E-state index in [1.165, 1.54) is 0 Å². The summed E-state index contributed by atoms with van der Waals surface area (Å²) in [5.41, 5.74) is 5.84. The van der Waals surface area contributed by atoms with Crippen molar-refractivity contribution < 1.29 is 8.42 Å². The first-order valence-corrected chi connectivity index (χ1v) is 8.82. The second-order valence-electron chi connectivity index (χ2n) is 6.31. The number of hydrogen-bond acceptors (Lipinski definition) is 3. The zero-order valence-electron chi connectivity index (χ0n) is 12.0. The lowest BCUT2D eigenvalue weighted by molar-refractivity contribution is 0.366. The molecule has 1 heterocycles. The quantitative estimate of drug-likeness (QED) is 0.801. The minimum absolute atomic E-state index is 0.00546. The highest BCUT2D eigenvalue weighted by Crippen LogP contribution is 2.32. The summed E-state index contributed by atoms with van der Waals surface area (Å²) in [6, 6.07) is 0.00546. The minimum Gasteiger partial charge on any atom is -0.326 e. The van der Waals surface area contributed by atoms with E-state index in [4.69, 9.17) is 5.73 Å². The molecule has 2 N–H and O–H groups in total. The van der Waals surface area contributed by atoms with Gasteiger partial charge in [0.1, 0.15) is 0 Å². The minimum atomic E-state index is -3.22. The van der Waals surface area contributed by atoms with Crippen LogP contribution in [0.2, 0.25) is 0 Å². The maximum atomic E-state index is 12.7. The summed E-state index contributed by atoms with van der Waals surface area (Å²) >= 11 is 0. The normalized spacial score (nSPS) is 33.2. The standard InChI is InChI=1S/C14H26N2O2S/c1-11(2)9-12-5-3-4-6-14(12)19(17,18)16-8-7-13(15)10-16/h4,6,11-14H,3,5,7-10,15H2,1-2H3. The molecule has 1 aliphatic carbocycles. The van der Waals surface area contributed by atoms with Crippen molar-refractivity contribution in [2.45, 2.75) is 50.8 Å². The molecule has 19 heavy (non-hydrogen) atoms. The third-order valence-electron chi connectivity index (χ3n) is 4.16. The fourth-order valence-corrected chi connectivity index (χ4v) is 5.37. The van der Waals surface area contributed by atoms with Gasteiger partial charge in [-0.2, -0.15) is 4.31 Å². The predicted octanol–water partition coefficient (Wildman–Crippen LogP) is 1.73. The molecule has 2 rings (SSSR count). The summed E-state index contributed by atoms with van der Waals surface area (Å²) in [7, 11) is -3.22. The number of hydrogen-bond donors (Lipinski definition) is 1. The van der Waals surface area contributed by atoms with Gasteiger partial charge in [0, 0.05) is 19.1 Å². The van der Waals surface area contributed by atoms with Gasteiger partial charge >= 0.3 is 0 Å². The highest BCUT2D eigenvalue weighted by atomic mass is 32.2. The molecule has 1 aliphatic heterocycles. The molecule has 0 aromatic carbocycles. The summed E-state index contributed by atoms with van der Waals surface area (Å²) < 4.78 is 27.1. The van der Waals surface area contributed by atoms with Gasteiger partial charge in [-0.1, -0.05) is 26.0 Å². The maximum absolute atomic E-state index is 12.7. The van der Waals surface area contributed by atoms with Crippen LogP contribution in [0.5, 0.6) is 0 Å². The fourth-order valence-electron chi connectivity index (χ4n) is 3.22. The number of rotatable bonds is 4. The molecule has 5 heteroatoms. The summed E-state index contributed by atoms with van der Waals surface area (Å²) in [6.45, 7) is 5.39. The topological polar surface area (TPSA) is 63.4 Å². The first kappa shape index (κ1) is 15.0. The second kappa shape index (κ2) is 5.94. The largest absolute Gasteiger partial charge is 0.326 e. The van der Waals surface area contributed by atoms with Crippen molar-refractivity contribution in [3.05, 3.63) is 12.2 Å². The lowest BCUT2D eigenvalue weighted by atomic mass is 9.87. The Morgan fingerprint density at radius 1 is 1.37 bits per heavy atom. The van der Waals surface area contributed by atoms with Gasteiger partial charge in [-0.3, -0.25) is 0 Å². The molecule has 0 aromatic rings. The van der Waals surface area contributed by atoms with Crippen molar-refractivity contribution in [3.8, 4) is 0 Å². The Balaban J connectivity index is 2.16. The molecule has 1 saturated heterocycles. The van der Waals surface area contributed by atoms with E-state index < -0.39 is 10.0 Å². The van der Waals surface area contributed by atoms with Crippen molar-refractivity contribution in [1.82, 2.24) is 4.31 Å². The van der Waals surface area contributed by atoms with Gasteiger partial charge in [0.25, 0.3) is 0 Å². The molecular weight excluding hydrogens is 260 g/mol. The smallest absolute Gasteiger partial charge is 0.220 e. The molecule has 0 spiro atoms. The van der Waals surface area contributed by atoms with Crippen LogP contribution in [0.15, 0.2) is 12.2 Å². The number of nitrogens with zero attached hydrogens (tertiary/aromatic N) is 1. The molecular formula is C14H26N2O2S. The van der Waals surface area contributed by atoms with Gasteiger partial charge in [-0.05, 0) is 37.5 Å². The Morgan fingerprint density at radius 3 is 2.68 bits per heavy atom. The van der Waals surface area contributed by atoms with E-state index in [0.29, 0.717) is 19.0 Å². The average Bonchev–Trinajstić information content (AvgIpc) is 2.76. The molecule has 3 atom stereocenters. The van der Waals surface area contributed by atoms with E-state index in [0.717, 1.165) is 25.7 Å². The Bertz CT molecular complexity index is 431. The Morgan fingerprint density at radius 2 is 2.11 bits per heavy atom. The third-order valence-corrected chi connectivity index (χ3v) is 6.44.